The number of benzene rings is 1. The van der Waals surface area contributed by atoms with Gasteiger partial charge in [-0.15, -0.1) is 0 Å². The van der Waals surface area contributed by atoms with Crippen molar-refractivity contribution in [2.24, 2.45) is 5.73 Å². The number of aromatic nitrogens is 3. The highest BCUT2D eigenvalue weighted by atomic mass is 32.2. The molecule has 0 aliphatic carbocycles. The molecule has 1 aromatic carbocycles. The summed E-state index contributed by atoms with van der Waals surface area (Å²) in [6, 6.07) is 11.7. The third-order valence-corrected chi connectivity index (χ3v) is 4.20. The van der Waals surface area contributed by atoms with E-state index in [9.17, 15) is 9.35 Å². The van der Waals surface area contributed by atoms with Crippen molar-refractivity contribution >= 4 is 28.2 Å². The van der Waals surface area contributed by atoms with E-state index in [2.05, 4.69) is 9.97 Å². The SMILES string of the molecule is NC(=O)n1c([S+]([O-])Cc2ccccn2)nc2ccccc21. The van der Waals surface area contributed by atoms with E-state index >= 15 is 0 Å². The van der Waals surface area contributed by atoms with Crippen LogP contribution in [0.4, 0.5) is 4.79 Å². The van der Waals surface area contributed by atoms with Crippen LogP contribution in [0.5, 0.6) is 0 Å². The monoisotopic (exact) mass is 300 g/mol. The van der Waals surface area contributed by atoms with Crippen LogP contribution >= 0.6 is 0 Å². The van der Waals surface area contributed by atoms with Crippen molar-refractivity contribution in [3.8, 4) is 0 Å². The number of pyridine rings is 1. The number of primary amides is 1. The van der Waals surface area contributed by atoms with Crippen LogP contribution in [0.2, 0.25) is 0 Å². The predicted molar refractivity (Wildman–Crippen MR) is 79.1 cm³/mol. The summed E-state index contributed by atoms with van der Waals surface area (Å²) in [6.07, 6.45) is 1.63. The van der Waals surface area contributed by atoms with E-state index < -0.39 is 17.2 Å². The molecule has 2 N–H and O–H groups in total. The molecule has 6 nitrogen and oxygen atoms in total. The first-order valence-corrected chi connectivity index (χ1v) is 7.54. The topological polar surface area (TPSA) is 96.9 Å². The molecule has 21 heavy (non-hydrogen) atoms. The number of amides is 1. The van der Waals surface area contributed by atoms with Gasteiger partial charge in [0.1, 0.15) is 0 Å². The Morgan fingerprint density at radius 1 is 1.24 bits per heavy atom. The molecule has 0 bridgehead atoms. The van der Waals surface area contributed by atoms with Gasteiger partial charge in [-0.2, -0.15) is 4.98 Å². The lowest BCUT2D eigenvalue weighted by molar-refractivity contribution is 0.249. The van der Waals surface area contributed by atoms with E-state index in [1.165, 1.54) is 4.57 Å². The van der Waals surface area contributed by atoms with E-state index in [1.807, 2.05) is 6.07 Å². The molecule has 2 heterocycles. The molecule has 1 amide bonds. The van der Waals surface area contributed by atoms with Crippen molar-refractivity contribution in [2.75, 3.05) is 0 Å². The number of nitrogens with two attached hydrogens (primary N) is 1. The largest absolute Gasteiger partial charge is 0.609 e. The smallest absolute Gasteiger partial charge is 0.333 e. The molecule has 0 saturated heterocycles. The zero-order valence-corrected chi connectivity index (χ0v) is 11.8. The highest BCUT2D eigenvalue weighted by Crippen LogP contribution is 2.21. The Balaban J connectivity index is 2.03. The minimum atomic E-state index is -1.51. The van der Waals surface area contributed by atoms with Crippen LogP contribution in [0.15, 0.2) is 53.8 Å². The Bertz CT molecular complexity index is 788. The first kappa shape index (κ1) is 13.6. The van der Waals surface area contributed by atoms with Crippen molar-refractivity contribution < 1.29 is 9.35 Å². The standard InChI is InChI=1S/C14H12N4O2S/c15-13(19)18-12-7-2-1-6-11(12)17-14(18)21(20)9-10-5-3-4-8-16-10/h1-8H,9H2,(H2,15,19). The molecule has 0 spiro atoms. The molecule has 0 saturated carbocycles. The quantitative estimate of drug-likeness (QED) is 0.744. The fourth-order valence-corrected chi connectivity index (χ4v) is 3.21. The van der Waals surface area contributed by atoms with Crippen LogP contribution in [0.25, 0.3) is 11.0 Å². The van der Waals surface area contributed by atoms with Gasteiger partial charge in [-0.1, -0.05) is 18.2 Å². The molecule has 3 rings (SSSR count). The van der Waals surface area contributed by atoms with Crippen molar-refractivity contribution in [1.82, 2.24) is 14.5 Å². The van der Waals surface area contributed by atoms with Gasteiger partial charge in [-0.05, 0) is 24.3 Å². The molecular formula is C14H12N4O2S. The van der Waals surface area contributed by atoms with Crippen molar-refractivity contribution in [3.63, 3.8) is 0 Å². The van der Waals surface area contributed by atoms with Gasteiger partial charge in [0.2, 0.25) is 0 Å². The average Bonchev–Trinajstić information content (AvgIpc) is 2.88. The van der Waals surface area contributed by atoms with Gasteiger partial charge in [0, 0.05) is 17.4 Å². The van der Waals surface area contributed by atoms with Crippen LogP contribution in [-0.2, 0) is 16.9 Å². The number of fused-ring (bicyclic) bond motifs is 1. The van der Waals surface area contributed by atoms with Crippen LogP contribution < -0.4 is 5.73 Å². The molecule has 0 aliphatic heterocycles. The highest BCUT2D eigenvalue weighted by molar-refractivity contribution is 7.90. The number of para-hydroxylation sites is 2. The van der Waals surface area contributed by atoms with E-state index in [0.29, 0.717) is 16.7 Å². The third-order valence-electron chi connectivity index (χ3n) is 2.96. The molecule has 1 atom stereocenters. The molecule has 0 radical (unpaired) electrons. The third kappa shape index (κ3) is 2.61. The molecule has 1 unspecified atom stereocenters. The number of imidazole rings is 1. The second kappa shape index (κ2) is 5.55. The Hall–Kier alpha value is -2.38. The summed E-state index contributed by atoms with van der Waals surface area (Å²) in [6.45, 7) is 0. The van der Waals surface area contributed by atoms with Gasteiger partial charge in [0.25, 0.3) is 0 Å². The minimum absolute atomic E-state index is 0.148. The lowest BCUT2D eigenvalue weighted by Crippen LogP contribution is -2.24. The zero-order valence-electron chi connectivity index (χ0n) is 11.0. The Kier molecular flexibility index (Phi) is 3.59. The van der Waals surface area contributed by atoms with Gasteiger partial charge in [-0.3, -0.25) is 4.98 Å². The number of hydrogen-bond donors (Lipinski definition) is 1. The lowest BCUT2D eigenvalue weighted by Gasteiger charge is -2.09. The maximum Gasteiger partial charge on any atom is 0.333 e. The first-order valence-electron chi connectivity index (χ1n) is 6.22. The van der Waals surface area contributed by atoms with Crippen molar-refractivity contribution in [3.05, 3.63) is 54.4 Å². The maximum atomic E-state index is 12.5. The predicted octanol–water partition coefficient (Wildman–Crippen LogP) is 1.67. The van der Waals surface area contributed by atoms with Crippen LogP contribution in [-0.4, -0.2) is 25.1 Å². The van der Waals surface area contributed by atoms with Crippen molar-refractivity contribution in [2.45, 2.75) is 10.9 Å². The fourth-order valence-electron chi connectivity index (χ4n) is 2.05. The van der Waals surface area contributed by atoms with E-state index in [4.69, 9.17) is 5.73 Å². The summed E-state index contributed by atoms with van der Waals surface area (Å²) < 4.78 is 13.7. The number of rotatable bonds is 3. The molecular weight excluding hydrogens is 288 g/mol. The number of carbonyl (C=O) groups excluding carboxylic acids is 1. The number of hydrogen-bond acceptors (Lipinski definition) is 4. The van der Waals surface area contributed by atoms with Crippen molar-refractivity contribution in [1.29, 1.82) is 0 Å². The van der Waals surface area contributed by atoms with Gasteiger partial charge < -0.3 is 10.3 Å². The summed E-state index contributed by atoms with van der Waals surface area (Å²) in [5.41, 5.74) is 7.19. The van der Waals surface area contributed by atoms with Gasteiger partial charge in [-0.25, -0.2) is 9.36 Å². The van der Waals surface area contributed by atoms with Gasteiger partial charge in [0.05, 0.1) is 16.7 Å². The fraction of sp³-hybridized carbons (Fsp3) is 0.0714. The first-order chi connectivity index (χ1) is 10.2. The van der Waals surface area contributed by atoms with E-state index in [1.54, 1.807) is 42.6 Å². The Labute approximate surface area is 123 Å². The Morgan fingerprint density at radius 3 is 2.71 bits per heavy atom. The summed E-state index contributed by atoms with van der Waals surface area (Å²) in [4.78, 5) is 20.0. The molecule has 106 valence electrons. The normalized spacial score (nSPS) is 12.4. The molecule has 0 fully saturated rings. The summed E-state index contributed by atoms with van der Waals surface area (Å²) >= 11 is -1.51. The van der Waals surface area contributed by atoms with Crippen LogP contribution in [0, 0.1) is 0 Å². The highest BCUT2D eigenvalue weighted by Gasteiger charge is 2.25. The number of nitrogens with zero attached hydrogens (tertiary/aromatic N) is 3. The number of carbonyl (C=O) groups is 1. The minimum Gasteiger partial charge on any atom is -0.609 e. The second-order valence-electron chi connectivity index (χ2n) is 4.37. The van der Waals surface area contributed by atoms with Crippen LogP contribution in [0.1, 0.15) is 5.69 Å². The van der Waals surface area contributed by atoms with E-state index in [0.717, 1.165) is 0 Å². The second-order valence-corrected chi connectivity index (χ2v) is 5.71. The zero-order chi connectivity index (χ0) is 14.8. The summed E-state index contributed by atoms with van der Waals surface area (Å²) in [7, 11) is 0. The molecule has 3 aromatic rings. The summed E-state index contributed by atoms with van der Waals surface area (Å²) in [5.74, 6) is 0.178. The molecule has 7 heteroatoms. The van der Waals surface area contributed by atoms with E-state index in [-0.39, 0.29) is 10.9 Å². The van der Waals surface area contributed by atoms with Gasteiger partial charge >= 0.3 is 11.2 Å². The molecule has 2 aromatic heterocycles. The lowest BCUT2D eigenvalue weighted by atomic mass is 10.3. The molecule has 0 aliphatic rings. The van der Waals surface area contributed by atoms with Crippen LogP contribution in [0.3, 0.4) is 0 Å². The van der Waals surface area contributed by atoms with Gasteiger partial charge in [0.15, 0.2) is 5.75 Å². The average molecular weight is 300 g/mol. The summed E-state index contributed by atoms with van der Waals surface area (Å²) in [5, 5.41) is 0.148. The Morgan fingerprint density at radius 2 is 2.00 bits per heavy atom. The maximum absolute atomic E-state index is 12.5.